The summed E-state index contributed by atoms with van der Waals surface area (Å²) >= 11 is 0. The summed E-state index contributed by atoms with van der Waals surface area (Å²) in [5, 5.41) is 11.7. The fourth-order valence-corrected chi connectivity index (χ4v) is 1.89. The van der Waals surface area contributed by atoms with Crippen LogP contribution in [0, 0.1) is 11.3 Å². The van der Waals surface area contributed by atoms with Crippen molar-refractivity contribution in [3.63, 3.8) is 0 Å². The van der Waals surface area contributed by atoms with Gasteiger partial charge in [0.15, 0.2) is 0 Å². The number of carbonyl (C=O) groups is 1. The normalized spacial score (nSPS) is 11.5. The van der Waals surface area contributed by atoms with Crippen molar-refractivity contribution in [1.29, 1.82) is 5.26 Å². The molecule has 1 amide bonds. The Hall–Kier alpha value is -3.01. The number of hydrogen-bond donors (Lipinski definition) is 2. The Labute approximate surface area is 122 Å². The molecular weight excluding hydrogens is 270 g/mol. The number of nitrogen functional groups attached to an aromatic ring is 1. The molecule has 1 atom stereocenters. The van der Waals surface area contributed by atoms with Crippen molar-refractivity contribution in [1.82, 2.24) is 9.55 Å². The number of anilines is 2. The minimum absolute atomic E-state index is 0.182. The van der Waals surface area contributed by atoms with E-state index in [1.54, 1.807) is 31.3 Å². The molecule has 0 aliphatic heterocycles. The molecule has 108 valence electrons. The molecule has 2 rings (SSSR count). The predicted octanol–water partition coefficient (Wildman–Crippen LogP) is 1.55. The van der Waals surface area contributed by atoms with Crippen molar-refractivity contribution >= 4 is 17.3 Å². The largest absolute Gasteiger partial charge is 0.494 e. The number of hydrogen-bond acceptors (Lipinski definition) is 5. The number of imidazole rings is 1. The lowest BCUT2D eigenvalue weighted by molar-refractivity contribution is -0.118. The Morgan fingerprint density at radius 1 is 1.57 bits per heavy atom. The molecule has 1 unspecified atom stereocenters. The van der Waals surface area contributed by atoms with Gasteiger partial charge in [-0.05, 0) is 19.1 Å². The van der Waals surface area contributed by atoms with Crippen LogP contribution in [0.3, 0.4) is 0 Å². The van der Waals surface area contributed by atoms with E-state index >= 15 is 0 Å². The second-order valence-electron chi connectivity index (χ2n) is 4.39. The van der Waals surface area contributed by atoms with Crippen LogP contribution in [0.1, 0.15) is 18.8 Å². The molecule has 0 aliphatic carbocycles. The Bertz CT molecular complexity index is 702. The Balaban J connectivity index is 2.20. The standard InChI is InChI=1S/C14H15N5O2/c1-9(19-6-5-17-13(19)8-15)14(20)18-11-4-3-10(16)7-12(11)21-2/h3-7,9H,16H2,1-2H3,(H,18,20). The molecule has 7 nitrogen and oxygen atoms in total. The highest BCUT2D eigenvalue weighted by Crippen LogP contribution is 2.27. The molecule has 1 heterocycles. The van der Waals surface area contributed by atoms with Gasteiger partial charge in [0.05, 0.1) is 12.8 Å². The summed E-state index contributed by atoms with van der Waals surface area (Å²) in [6.07, 6.45) is 3.06. The zero-order chi connectivity index (χ0) is 15.4. The van der Waals surface area contributed by atoms with Crippen LogP contribution in [0.15, 0.2) is 30.6 Å². The van der Waals surface area contributed by atoms with Crippen LogP contribution in [0.5, 0.6) is 5.75 Å². The van der Waals surface area contributed by atoms with Crippen molar-refractivity contribution in [2.75, 3.05) is 18.2 Å². The first-order valence-corrected chi connectivity index (χ1v) is 6.24. The van der Waals surface area contributed by atoms with Crippen LogP contribution in [-0.2, 0) is 4.79 Å². The van der Waals surface area contributed by atoms with Gasteiger partial charge in [-0.2, -0.15) is 5.26 Å². The van der Waals surface area contributed by atoms with E-state index in [2.05, 4.69) is 10.3 Å². The quantitative estimate of drug-likeness (QED) is 0.829. The number of aromatic nitrogens is 2. The highest BCUT2D eigenvalue weighted by atomic mass is 16.5. The van der Waals surface area contributed by atoms with Gasteiger partial charge in [0.2, 0.25) is 11.7 Å². The Morgan fingerprint density at radius 2 is 2.33 bits per heavy atom. The predicted molar refractivity (Wildman–Crippen MR) is 77.7 cm³/mol. The second-order valence-corrected chi connectivity index (χ2v) is 4.39. The maximum atomic E-state index is 12.3. The van der Waals surface area contributed by atoms with Crippen molar-refractivity contribution in [2.24, 2.45) is 0 Å². The number of benzene rings is 1. The molecule has 0 fully saturated rings. The number of carbonyl (C=O) groups excluding carboxylic acids is 1. The number of nitriles is 1. The van der Waals surface area contributed by atoms with Crippen LogP contribution >= 0.6 is 0 Å². The van der Waals surface area contributed by atoms with Gasteiger partial charge in [-0.15, -0.1) is 0 Å². The van der Waals surface area contributed by atoms with E-state index < -0.39 is 6.04 Å². The molecule has 3 N–H and O–H groups in total. The zero-order valence-corrected chi connectivity index (χ0v) is 11.7. The minimum Gasteiger partial charge on any atom is -0.494 e. The van der Waals surface area contributed by atoms with Gasteiger partial charge in [-0.3, -0.25) is 4.79 Å². The average Bonchev–Trinajstić information content (AvgIpc) is 2.96. The first-order valence-electron chi connectivity index (χ1n) is 6.24. The summed E-state index contributed by atoms with van der Waals surface area (Å²) in [6.45, 7) is 1.68. The molecule has 0 bridgehead atoms. The number of methoxy groups -OCH3 is 1. The van der Waals surface area contributed by atoms with E-state index in [-0.39, 0.29) is 11.7 Å². The third-order valence-electron chi connectivity index (χ3n) is 3.05. The van der Waals surface area contributed by atoms with Gasteiger partial charge in [-0.25, -0.2) is 4.98 Å². The smallest absolute Gasteiger partial charge is 0.247 e. The second kappa shape index (κ2) is 5.96. The number of nitrogens with one attached hydrogen (secondary N) is 1. The van der Waals surface area contributed by atoms with Gasteiger partial charge in [0.25, 0.3) is 0 Å². The van der Waals surface area contributed by atoms with Gasteiger partial charge >= 0.3 is 0 Å². The van der Waals surface area contributed by atoms with Crippen molar-refractivity contribution in [2.45, 2.75) is 13.0 Å². The summed E-state index contributed by atoms with van der Waals surface area (Å²) < 4.78 is 6.68. The van der Waals surface area contributed by atoms with Crippen molar-refractivity contribution < 1.29 is 9.53 Å². The van der Waals surface area contributed by atoms with Gasteiger partial charge < -0.3 is 20.4 Å². The van der Waals surface area contributed by atoms with E-state index in [0.717, 1.165) is 0 Å². The van der Waals surface area contributed by atoms with Crippen LogP contribution < -0.4 is 15.8 Å². The van der Waals surface area contributed by atoms with E-state index in [1.165, 1.54) is 17.9 Å². The first kappa shape index (κ1) is 14.4. The van der Waals surface area contributed by atoms with Crippen molar-refractivity contribution in [3.8, 4) is 11.8 Å². The summed E-state index contributed by atoms with van der Waals surface area (Å²) in [4.78, 5) is 16.1. The number of amides is 1. The molecule has 2 aromatic rings. The number of nitrogens with two attached hydrogens (primary N) is 1. The lowest BCUT2D eigenvalue weighted by Gasteiger charge is -2.16. The van der Waals surface area contributed by atoms with E-state index in [1.807, 2.05) is 6.07 Å². The topological polar surface area (TPSA) is 106 Å². The van der Waals surface area contributed by atoms with E-state index in [4.69, 9.17) is 15.7 Å². The monoisotopic (exact) mass is 285 g/mol. The fourth-order valence-electron chi connectivity index (χ4n) is 1.89. The number of rotatable bonds is 4. The molecule has 7 heteroatoms. The first-order chi connectivity index (χ1) is 10.1. The van der Waals surface area contributed by atoms with Gasteiger partial charge in [-0.1, -0.05) is 0 Å². The molecule has 21 heavy (non-hydrogen) atoms. The van der Waals surface area contributed by atoms with E-state index in [0.29, 0.717) is 17.1 Å². The average molecular weight is 285 g/mol. The summed E-state index contributed by atoms with van der Waals surface area (Å²) in [5.74, 6) is 0.371. The van der Waals surface area contributed by atoms with Crippen LogP contribution in [0.2, 0.25) is 0 Å². The minimum atomic E-state index is -0.579. The Morgan fingerprint density at radius 3 is 3.00 bits per heavy atom. The van der Waals surface area contributed by atoms with Crippen LogP contribution in [0.25, 0.3) is 0 Å². The molecule has 0 spiro atoms. The fraction of sp³-hybridized carbons (Fsp3) is 0.214. The third kappa shape index (κ3) is 2.95. The summed E-state index contributed by atoms with van der Waals surface area (Å²) in [6, 6.07) is 6.31. The molecule has 1 aromatic heterocycles. The lowest BCUT2D eigenvalue weighted by Crippen LogP contribution is -2.24. The van der Waals surface area contributed by atoms with Crippen molar-refractivity contribution in [3.05, 3.63) is 36.4 Å². The number of nitrogens with zero attached hydrogens (tertiary/aromatic N) is 3. The molecule has 1 aromatic carbocycles. The maximum absolute atomic E-state index is 12.3. The maximum Gasteiger partial charge on any atom is 0.247 e. The highest BCUT2D eigenvalue weighted by Gasteiger charge is 2.19. The van der Waals surface area contributed by atoms with E-state index in [9.17, 15) is 4.79 Å². The highest BCUT2D eigenvalue weighted by molar-refractivity contribution is 5.95. The zero-order valence-electron chi connectivity index (χ0n) is 11.7. The molecule has 0 radical (unpaired) electrons. The molecule has 0 aliphatic rings. The van der Waals surface area contributed by atoms with Gasteiger partial charge in [0, 0.05) is 24.1 Å². The molecule has 0 saturated carbocycles. The number of ether oxygens (including phenoxy) is 1. The van der Waals surface area contributed by atoms with Crippen LogP contribution in [0.4, 0.5) is 11.4 Å². The van der Waals surface area contributed by atoms with Gasteiger partial charge in [0.1, 0.15) is 17.9 Å². The third-order valence-corrected chi connectivity index (χ3v) is 3.05. The lowest BCUT2D eigenvalue weighted by atomic mass is 10.2. The summed E-state index contributed by atoms with van der Waals surface area (Å²) in [7, 11) is 1.50. The summed E-state index contributed by atoms with van der Waals surface area (Å²) in [5.41, 5.74) is 6.72. The molecule has 0 saturated heterocycles. The Kier molecular flexibility index (Phi) is 4.09. The van der Waals surface area contributed by atoms with Crippen LogP contribution in [-0.4, -0.2) is 22.6 Å². The SMILES string of the molecule is COc1cc(N)ccc1NC(=O)C(C)n1ccnc1C#N. The molecular formula is C14H15N5O2.